The third kappa shape index (κ3) is 5.71. The van der Waals surface area contributed by atoms with Gasteiger partial charge in [-0.25, -0.2) is 0 Å². The lowest BCUT2D eigenvalue weighted by atomic mass is 10.2. The van der Waals surface area contributed by atoms with E-state index in [1.54, 1.807) is 13.0 Å². The zero-order valence-corrected chi connectivity index (χ0v) is 10.9. The van der Waals surface area contributed by atoms with Gasteiger partial charge in [0, 0.05) is 16.6 Å². The summed E-state index contributed by atoms with van der Waals surface area (Å²) in [6.45, 7) is 3.44. The van der Waals surface area contributed by atoms with E-state index in [1.807, 2.05) is 12.1 Å². The SMILES string of the molecule is CC(O)CCCNCc1cc(Cl)cc(Cl)c1. The quantitative estimate of drug-likeness (QED) is 0.771. The highest BCUT2D eigenvalue weighted by Crippen LogP contribution is 2.18. The van der Waals surface area contributed by atoms with Crippen LogP contribution >= 0.6 is 23.2 Å². The number of halogens is 2. The van der Waals surface area contributed by atoms with Gasteiger partial charge in [0.2, 0.25) is 0 Å². The number of benzene rings is 1. The Bertz CT molecular complexity index is 309. The largest absolute Gasteiger partial charge is 0.393 e. The molecule has 0 radical (unpaired) electrons. The average Bonchev–Trinajstić information content (AvgIpc) is 2.15. The summed E-state index contributed by atoms with van der Waals surface area (Å²) in [6, 6.07) is 5.52. The van der Waals surface area contributed by atoms with E-state index in [0.29, 0.717) is 10.0 Å². The van der Waals surface area contributed by atoms with Crippen LogP contribution in [0.15, 0.2) is 18.2 Å². The van der Waals surface area contributed by atoms with Gasteiger partial charge in [-0.05, 0) is 50.1 Å². The maximum atomic E-state index is 9.08. The van der Waals surface area contributed by atoms with Gasteiger partial charge in [0.05, 0.1) is 6.10 Å². The van der Waals surface area contributed by atoms with Crippen LogP contribution in [0.1, 0.15) is 25.3 Å². The van der Waals surface area contributed by atoms with Gasteiger partial charge in [-0.2, -0.15) is 0 Å². The van der Waals surface area contributed by atoms with Crippen molar-refractivity contribution in [3.05, 3.63) is 33.8 Å². The van der Waals surface area contributed by atoms with Gasteiger partial charge < -0.3 is 10.4 Å². The lowest BCUT2D eigenvalue weighted by Gasteiger charge is -2.07. The van der Waals surface area contributed by atoms with Crippen molar-refractivity contribution in [2.24, 2.45) is 0 Å². The number of aliphatic hydroxyl groups is 1. The summed E-state index contributed by atoms with van der Waals surface area (Å²) in [5, 5.41) is 13.7. The fraction of sp³-hybridized carbons (Fsp3) is 0.500. The summed E-state index contributed by atoms with van der Waals surface area (Å²) in [7, 11) is 0. The van der Waals surface area contributed by atoms with Crippen molar-refractivity contribution >= 4 is 23.2 Å². The van der Waals surface area contributed by atoms with Crippen LogP contribution < -0.4 is 5.32 Å². The Morgan fingerprint density at radius 1 is 1.25 bits per heavy atom. The number of rotatable bonds is 6. The highest BCUT2D eigenvalue weighted by molar-refractivity contribution is 6.34. The van der Waals surface area contributed by atoms with Crippen molar-refractivity contribution in [3.63, 3.8) is 0 Å². The summed E-state index contributed by atoms with van der Waals surface area (Å²) in [5.41, 5.74) is 1.08. The zero-order chi connectivity index (χ0) is 12.0. The molecule has 1 aromatic rings. The standard InChI is InChI=1S/C12H17Cl2NO/c1-9(16)3-2-4-15-8-10-5-11(13)7-12(14)6-10/h5-7,9,15-16H,2-4,8H2,1H3. The minimum absolute atomic E-state index is 0.220. The second-order valence-electron chi connectivity index (χ2n) is 3.95. The van der Waals surface area contributed by atoms with E-state index in [2.05, 4.69) is 5.32 Å². The number of nitrogens with one attached hydrogen (secondary N) is 1. The highest BCUT2D eigenvalue weighted by atomic mass is 35.5. The molecular formula is C12H17Cl2NO. The van der Waals surface area contributed by atoms with Crippen LogP contribution in [0, 0.1) is 0 Å². The molecule has 2 nitrogen and oxygen atoms in total. The summed E-state index contributed by atoms with van der Waals surface area (Å²) >= 11 is 11.8. The molecule has 1 rings (SSSR count). The van der Waals surface area contributed by atoms with E-state index in [4.69, 9.17) is 28.3 Å². The van der Waals surface area contributed by atoms with Crippen LogP contribution in [0.3, 0.4) is 0 Å². The molecule has 1 aromatic carbocycles. The molecule has 0 aromatic heterocycles. The Hall–Kier alpha value is -0.280. The summed E-state index contributed by atoms with van der Waals surface area (Å²) in [6.07, 6.45) is 1.57. The van der Waals surface area contributed by atoms with E-state index >= 15 is 0 Å². The molecule has 2 N–H and O–H groups in total. The van der Waals surface area contributed by atoms with Gasteiger partial charge in [-0.3, -0.25) is 0 Å². The molecule has 0 aliphatic rings. The van der Waals surface area contributed by atoms with Crippen LogP contribution in [0.4, 0.5) is 0 Å². The third-order valence-corrected chi connectivity index (χ3v) is 2.66. The topological polar surface area (TPSA) is 32.3 Å². The molecular weight excluding hydrogens is 245 g/mol. The van der Waals surface area contributed by atoms with Crippen molar-refractivity contribution in [3.8, 4) is 0 Å². The second-order valence-corrected chi connectivity index (χ2v) is 4.82. The first-order valence-corrected chi connectivity index (χ1v) is 6.17. The van der Waals surface area contributed by atoms with Gasteiger partial charge in [0.25, 0.3) is 0 Å². The minimum atomic E-state index is -0.220. The Kier molecular flexibility index (Phi) is 6.14. The fourth-order valence-corrected chi connectivity index (χ4v) is 2.04. The van der Waals surface area contributed by atoms with Crippen LogP contribution in [-0.4, -0.2) is 17.8 Å². The van der Waals surface area contributed by atoms with E-state index in [9.17, 15) is 0 Å². The highest BCUT2D eigenvalue weighted by Gasteiger charge is 1.99. The number of hydrogen-bond donors (Lipinski definition) is 2. The normalized spacial score (nSPS) is 12.8. The van der Waals surface area contributed by atoms with E-state index in [-0.39, 0.29) is 6.10 Å². The van der Waals surface area contributed by atoms with Crippen molar-refractivity contribution in [1.82, 2.24) is 5.32 Å². The summed E-state index contributed by atoms with van der Waals surface area (Å²) in [4.78, 5) is 0. The molecule has 0 aliphatic carbocycles. The maximum Gasteiger partial charge on any atom is 0.0512 e. The Balaban J connectivity index is 2.26. The molecule has 4 heteroatoms. The van der Waals surface area contributed by atoms with E-state index < -0.39 is 0 Å². The van der Waals surface area contributed by atoms with E-state index in [0.717, 1.165) is 31.5 Å². The molecule has 90 valence electrons. The maximum absolute atomic E-state index is 9.08. The molecule has 0 heterocycles. The second kappa shape index (κ2) is 7.13. The van der Waals surface area contributed by atoms with Crippen molar-refractivity contribution < 1.29 is 5.11 Å². The molecule has 0 saturated carbocycles. The number of hydrogen-bond acceptors (Lipinski definition) is 2. The fourth-order valence-electron chi connectivity index (χ4n) is 1.47. The lowest BCUT2D eigenvalue weighted by Crippen LogP contribution is -2.16. The first kappa shape index (κ1) is 13.8. The average molecular weight is 262 g/mol. The molecule has 0 spiro atoms. The van der Waals surface area contributed by atoms with Gasteiger partial charge in [-0.15, -0.1) is 0 Å². The Labute approximate surface area is 107 Å². The summed E-state index contributed by atoms with van der Waals surface area (Å²) < 4.78 is 0. The van der Waals surface area contributed by atoms with E-state index in [1.165, 1.54) is 0 Å². The predicted octanol–water partition coefficient (Wildman–Crippen LogP) is 3.24. The minimum Gasteiger partial charge on any atom is -0.393 e. The molecule has 1 unspecified atom stereocenters. The molecule has 0 saturated heterocycles. The smallest absolute Gasteiger partial charge is 0.0512 e. The predicted molar refractivity (Wildman–Crippen MR) is 69.1 cm³/mol. The van der Waals surface area contributed by atoms with Gasteiger partial charge in [0.15, 0.2) is 0 Å². The summed E-state index contributed by atoms with van der Waals surface area (Å²) in [5.74, 6) is 0. The molecule has 1 atom stereocenters. The molecule has 0 bridgehead atoms. The van der Waals surface area contributed by atoms with Crippen LogP contribution in [-0.2, 0) is 6.54 Å². The molecule has 0 amide bonds. The molecule has 0 fully saturated rings. The molecule has 0 aliphatic heterocycles. The van der Waals surface area contributed by atoms with Crippen molar-refractivity contribution in [2.75, 3.05) is 6.54 Å². The zero-order valence-electron chi connectivity index (χ0n) is 9.34. The lowest BCUT2D eigenvalue weighted by molar-refractivity contribution is 0.181. The molecule has 16 heavy (non-hydrogen) atoms. The van der Waals surface area contributed by atoms with Crippen molar-refractivity contribution in [2.45, 2.75) is 32.4 Å². The Morgan fingerprint density at radius 3 is 2.44 bits per heavy atom. The van der Waals surface area contributed by atoms with Crippen molar-refractivity contribution in [1.29, 1.82) is 0 Å². The monoisotopic (exact) mass is 261 g/mol. The van der Waals surface area contributed by atoms with Crippen LogP contribution in [0.2, 0.25) is 10.0 Å². The first-order chi connectivity index (χ1) is 7.58. The van der Waals surface area contributed by atoms with Crippen LogP contribution in [0.25, 0.3) is 0 Å². The van der Waals surface area contributed by atoms with Gasteiger partial charge in [-0.1, -0.05) is 23.2 Å². The number of aliphatic hydroxyl groups excluding tert-OH is 1. The third-order valence-electron chi connectivity index (χ3n) is 2.23. The van der Waals surface area contributed by atoms with Gasteiger partial charge >= 0.3 is 0 Å². The Morgan fingerprint density at radius 2 is 1.88 bits per heavy atom. The van der Waals surface area contributed by atoms with Gasteiger partial charge in [0.1, 0.15) is 0 Å². The van der Waals surface area contributed by atoms with Crippen LogP contribution in [0.5, 0.6) is 0 Å². The first-order valence-electron chi connectivity index (χ1n) is 5.41.